The summed E-state index contributed by atoms with van der Waals surface area (Å²) in [5.41, 5.74) is 3.01. The zero-order chi connectivity index (χ0) is 26.1. The molecule has 0 bridgehead atoms. The van der Waals surface area contributed by atoms with Crippen LogP contribution in [-0.2, 0) is 18.9 Å². The Labute approximate surface area is 221 Å². The molecule has 2 aromatic carbocycles. The predicted octanol–water partition coefficient (Wildman–Crippen LogP) is 6.97. The lowest BCUT2D eigenvalue weighted by atomic mass is 9.84. The molecule has 3 rings (SSSR count). The summed E-state index contributed by atoms with van der Waals surface area (Å²) in [5.74, 6) is -0.0221. The molecule has 0 N–H and O–H groups in total. The van der Waals surface area contributed by atoms with Crippen molar-refractivity contribution in [2.75, 3.05) is 26.4 Å². The van der Waals surface area contributed by atoms with Crippen molar-refractivity contribution in [3.8, 4) is 0 Å². The highest BCUT2D eigenvalue weighted by atomic mass is 35.5. The van der Waals surface area contributed by atoms with Gasteiger partial charge in [-0.25, -0.2) is 0 Å². The molecular weight excluding hydrogens is 476 g/mol. The number of hydrogen-bond donors (Lipinski definition) is 0. The molecule has 0 unspecified atom stereocenters. The average Bonchev–Trinajstić information content (AvgIpc) is 2.88. The summed E-state index contributed by atoms with van der Waals surface area (Å²) in [7, 11) is 0. The maximum absolute atomic E-state index is 13.4. The fraction of sp³-hybridized carbons (Fsp3) is 0.567. The Morgan fingerprint density at radius 1 is 0.917 bits per heavy atom. The van der Waals surface area contributed by atoms with Gasteiger partial charge in [0.25, 0.3) is 0 Å². The van der Waals surface area contributed by atoms with Gasteiger partial charge in [-0.2, -0.15) is 0 Å². The van der Waals surface area contributed by atoms with E-state index in [2.05, 4.69) is 27.7 Å². The summed E-state index contributed by atoms with van der Waals surface area (Å²) in [6.07, 6.45) is 1.73. The number of ether oxygens (including phenoxy) is 4. The summed E-state index contributed by atoms with van der Waals surface area (Å²) in [4.78, 5) is 13.4. The van der Waals surface area contributed by atoms with E-state index in [0.717, 1.165) is 30.4 Å². The fourth-order valence-electron chi connectivity index (χ4n) is 4.57. The molecule has 6 heteroatoms. The topological polar surface area (TPSA) is 54.0 Å². The zero-order valence-electron chi connectivity index (χ0n) is 22.3. The molecular formula is C30H41ClO5. The van der Waals surface area contributed by atoms with Crippen molar-refractivity contribution in [2.24, 2.45) is 5.92 Å². The third kappa shape index (κ3) is 7.17. The van der Waals surface area contributed by atoms with Gasteiger partial charge in [-0.1, -0.05) is 75.2 Å². The minimum Gasteiger partial charge on any atom is -0.379 e. The highest BCUT2D eigenvalue weighted by molar-refractivity contribution is 6.35. The number of benzene rings is 2. The highest BCUT2D eigenvalue weighted by Crippen LogP contribution is 2.40. The van der Waals surface area contributed by atoms with E-state index in [1.54, 1.807) is 6.07 Å². The first-order chi connectivity index (χ1) is 17.4. The lowest BCUT2D eigenvalue weighted by molar-refractivity contribution is -0.237. The van der Waals surface area contributed by atoms with Crippen molar-refractivity contribution in [2.45, 2.75) is 78.3 Å². The van der Waals surface area contributed by atoms with E-state index in [1.807, 2.05) is 43.3 Å². The second-order valence-electron chi connectivity index (χ2n) is 9.63. The van der Waals surface area contributed by atoms with Gasteiger partial charge in [-0.15, -0.1) is 0 Å². The third-order valence-corrected chi connectivity index (χ3v) is 6.91. The largest absolute Gasteiger partial charge is 0.379 e. The van der Waals surface area contributed by atoms with Crippen LogP contribution in [0.15, 0.2) is 42.5 Å². The number of halogens is 1. The van der Waals surface area contributed by atoms with Crippen LogP contribution in [-0.4, -0.2) is 50.5 Å². The number of carbonyl (C=O) groups is 1. The summed E-state index contributed by atoms with van der Waals surface area (Å²) < 4.78 is 25.3. The average molecular weight is 517 g/mol. The second-order valence-corrected chi connectivity index (χ2v) is 10.0. The maximum Gasteiger partial charge on any atom is 0.194 e. The van der Waals surface area contributed by atoms with Gasteiger partial charge >= 0.3 is 0 Å². The molecule has 1 aliphatic rings. The van der Waals surface area contributed by atoms with Gasteiger partial charge < -0.3 is 18.9 Å². The quantitative estimate of drug-likeness (QED) is 0.212. The van der Waals surface area contributed by atoms with E-state index in [9.17, 15) is 4.79 Å². The first-order valence-corrected chi connectivity index (χ1v) is 13.7. The Balaban J connectivity index is 1.98. The molecule has 5 nitrogen and oxygen atoms in total. The van der Waals surface area contributed by atoms with Crippen LogP contribution in [0.2, 0.25) is 5.02 Å². The molecule has 2 aromatic rings. The molecule has 1 fully saturated rings. The number of aryl methyl sites for hydroxylation is 1. The van der Waals surface area contributed by atoms with Gasteiger partial charge in [-0.3, -0.25) is 4.79 Å². The van der Waals surface area contributed by atoms with Crippen LogP contribution < -0.4 is 0 Å². The van der Waals surface area contributed by atoms with Crippen LogP contribution in [0, 0.1) is 12.8 Å². The Bertz CT molecular complexity index is 960. The molecule has 0 radical (unpaired) electrons. The molecule has 0 saturated carbocycles. The normalized spacial score (nSPS) is 24.1. The molecule has 0 amide bonds. The van der Waals surface area contributed by atoms with E-state index < -0.39 is 6.10 Å². The number of rotatable bonds is 13. The third-order valence-electron chi connectivity index (χ3n) is 6.58. The molecule has 1 saturated heterocycles. The molecule has 0 spiro atoms. The second kappa shape index (κ2) is 14.3. The fourth-order valence-corrected chi connectivity index (χ4v) is 4.77. The lowest BCUT2D eigenvalue weighted by Gasteiger charge is -2.45. The molecule has 0 aliphatic carbocycles. The summed E-state index contributed by atoms with van der Waals surface area (Å²) >= 11 is 6.53. The lowest BCUT2D eigenvalue weighted by Crippen LogP contribution is -2.53. The summed E-state index contributed by atoms with van der Waals surface area (Å²) in [6, 6.07) is 13.1. The van der Waals surface area contributed by atoms with Crippen molar-refractivity contribution >= 4 is 17.4 Å². The van der Waals surface area contributed by atoms with Gasteiger partial charge in [0.05, 0.1) is 23.8 Å². The molecule has 5 atom stereocenters. The van der Waals surface area contributed by atoms with E-state index >= 15 is 0 Å². The van der Waals surface area contributed by atoms with E-state index in [4.69, 9.17) is 30.5 Å². The maximum atomic E-state index is 13.4. The van der Waals surface area contributed by atoms with Crippen LogP contribution in [0.4, 0.5) is 0 Å². The molecule has 1 aliphatic heterocycles. The van der Waals surface area contributed by atoms with Crippen LogP contribution in [0.3, 0.4) is 0 Å². The highest BCUT2D eigenvalue weighted by Gasteiger charge is 2.46. The zero-order valence-corrected chi connectivity index (χ0v) is 23.1. The van der Waals surface area contributed by atoms with Gasteiger partial charge in [0, 0.05) is 36.9 Å². The van der Waals surface area contributed by atoms with Crippen molar-refractivity contribution in [3.05, 3.63) is 69.7 Å². The Kier molecular flexibility index (Phi) is 11.4. The Morgan fingerprint density at radius 3 is 2.19 bits per heavy atom. The van der Waals surface area contributed by atoms with Gasteiger partial charge in [-0.05, 0) is 43.9 Å². The Hall–Kier alpha value is -1.76. The van der Waals surface area contributed by atoms with E-state index in [1.165, 1.54) is 0 Å². The van der Waals surface area contributed by atoms with Crippen molar-refractivity contribution < 1.29 is 23.7 Å². The monoisotopic (exact) mass is 516 g/mol. The molecule has 198 valence electrons. The van der Waals surface area contributed by atoms with Gasteiger partial charge in [0.15, 0.2) is 5.78 Å². The van der Waals surface area contributed by atoms with E-state index in [0.29, 0.717) is 42.6 Å². The number of ketones is 1. The molecule has 36 heavy (non-hydrogen) atoms. The molecule has 1 heterocycles. The van der Waals surface area contributed by atoms with Crippen molar-refractivity contribution in [1.29, 1.82) is 0 Å². The van der Waals surface area contributed by atoms with Crippen LogP contribution in [0.5, 0.6) is 0 Å². The first kappa shape index (κ1) is 28.8. The summed E-state index contributed by atoms with van der Waals surface area (Å²) in [6.45, 7) is 12.8. The van der Waals surface area contributed by atoms with Crippen molar-refractivity contribution in [3.63, 3.8) is 0 Å². The smallest absolute Gasteiger partial charge is 0.194 e. The predicted molar refractivity (Wildman–Crippen MR) is 144 cm³/mol. The molecule has 0 aromatic heterocycles. The van der Waals surface area contributed by atoms with Crippen molar-refractivity contribution in [1.82, 2.24) is 0 Å². The minimum atomic E-state index is -0.410. The SMILES string of the molecule is CCCOC[C@H]1O[C@@H](c2ccc(Cl)c(C(=O)c3ccc(C)cc3)c2)[C@H](OCCC)[C@@H](OCCC)[C@@H]1C. The first-order valence-electron chi connectivity index (χ1n) is 13.3. The van der Waals surface area contributed by atoms with Crippen LogP contribution in [0.1, 0.15) is 80.1 Å². The van der Waals surface area contributed by atoms with Crippen LogP contribution in [0.25, 0.3) is 0 Å². The standard InChI is InChI=1S/C30H41ClO5/c1-6-15-33-19-26-21(5)28(34-16-7-2)30(35-17-8-3)29(36-26)23-13-14-25(31)24(18-23)27(32)22-11-9-20(4)10-12-22/h9-14,18,21,26,28-30H,6-8,15-17,19H2,1-5H3/t21-,26-,28+,29+,30-/m1/s1. The summed E-state index contributed by atoms with van der Waals surface area (Å²) in [5, 5.41) is 0.418. The minimum absolute atomic E-state index is 0.0903. The Morgan fingerprint density at radius 2 is 1.56 bits per heavy atom. The van der Waals surface area contributed by atoms with Crippen LogP contribution >= 0.6 is 11.6 Å². The van der Waals surface area contributed by atoms with E-state index in [-0.39, 0.29) is 30.0 Å². The van der Waals surface area contributed by atoms with Gasteiger partial charge in [0.1, 0.15) is 12.2 Å². The number of hydrogen-bond acceptors (Lipinski definition) is 5. The van der Waals surface area contributed by atoms with Gasteiger partial charge in [0.2, 0.25) is 0 Å². The number of carbonyl (C=O) groups excluding carboxylic acids is 1.